The van der Waals surface area contributed by atoms with E-state index in [2.05, 4.69) is 26.0 Å². The van der Waals surface area contributed by atoms with Gasteiger partial charge in [-0.15, -0.1) is 5.10 Å². The van der Waals surface area contributed by atoms with E-state index in [1.54, 1.807) is 30.3 Å². The Morgan fingerprint density at radius 2 is 1.90 bits per heavy atom. The van der Waals surface area contributed by atoms with Crippen molar-refractivity contribution in [2.75, 3.05) is 0 Å². The van der Waals surface area contributed by atoms with Gasteiger partial charge < -0.3 is 4.42 Å². The molecule has 0 bridgehead atoms. The second-order valence-electron chi connectivity index (χ2n) is 6.56. The fraction of sp³-hybridized carbons (Fsp3) is 0. The molecule has 0 radical (unpaired) electrons. The summed E-state index contributed by atoms with van der Waals surface area (Å²) >= 11 is 4.60. The highest BCUT2D eigenvalue weighted by molar-refractivity contribution is 9.10. The molecule has 31 heavy (non-hydrogen) atoms. The maximum absolute atomic E-state index is 12.7. The van der Waals surface area contributed by atoms with Crippen molar-refractivity contribution in [3.05, 3.63) is 95.9 Å². The normalized spacial score (nSPS) is 12.0. The molecule has 0 unspecified atom stereocenters. The van der Waals surface area contributed by atoms with E-state index < -0.39 is 4.92 Å². The summed E-state index contributed by atoms with van der Waals surface area (Å²) in [7, 11) is 0. The van der Waals surface area contributed by atoms with E-state index in [1.807, 2.05) is 24.3 Å². The standard InChI is InChI=1S/C21H11BrN4O4S/c22-14-6-4-12(5-7-14)19-23-21-25(24-19)20(27)18(31-21)11-16-8-9-17(30-16)13-2-1-3-15(10-13)26(28)29/h1-11H/b18-11-. The number of rotatable bonds is 4. The van der Waals surface area contributed by atoms with Crippen LogP contribution in [0.3, 0.4) is 0 Å². The van der Waals surface area contributed by atoms with Gasteiger partial charge in [0.2, 0.25) is 4.96 Å². The lowest BCUT2D eigenvalue weighted by Crippen LogP contribution is -2.23. The highest BCUT2D eigenvalue weighted by Gasteiger charge is 2.13. The number of hydrogen-bond acceptors (Lipinski definition) is 7. The van der Waals surface area contributed by atoms with E-state index in [0.717, 1.165) is 10.0 Å². The number of nitro benzene ring substituents is 1. The lowest BCUT2D eigenvalue weighted by molar-refractivity contribution is -0.384. The Bertz CT molecular complexity index is 1550. The predicted molar refractivity (Wildman–Crippen MR) is 120 cm³/mol. The van der Waals surface area contributed by atoms with Crippen molar-refractivity contribution < 1.29 is 9.34 Å². The molecular weight excluding hydrogens is 484 g/mol. The molecule has 0 amide bonds. The Labute approximate surface area is 186 Å². The highest BCUT2D eigenvalue weighted by atomic mass is 79.9. The van der Waals surface area contributed by atoms with Crippen molar-refractivity contribution in [3.63, 3.8) is 0 Å². The molecule has 0 saturated heterocycles. The first-order valence-corrected chi connectivity index (χ1v) is 10.6. The Morgan fingerprint density at radius 1 is 1.10 bits per heavy atom. The van der Waals surface area contributed by atoms with Crippen molar-refractivity contribution in [3.8, 4) is 22.7 Å². The molecule has 10 heteroatoms. The van der Waals surface area contributed by atoms with E-state index in [9.17, 15) is 14.9 Å². The third kappa shape index (κ3) is 3.66. The third-order valence-electron chi connectivity index (χ3n) is 4.53. The van der Waals surface area contributed by atoms with Gasteiger partial charge >= 0.3 is 0 Å². The molecule has 5 aromatic rings. The molecule has 0 atom stereocenters. The lowest BCUT2D eigenvalue weighted by atomic mass is 10.1. The Balaban J connectivity index is 1.49. The van der Waals surface area contributed by atoms with Crippen LogP contribution in [-0.2, 0) is 0 Å². The predicted octanol–water partition coefficient (Wildman–Crippen LogP) is 4.30. The number of fused-ring (bicyclic) bond motifs is 1. The molecule has 3 aromatic heterocycles. The zero-order valence-corrected chi connectivity index (χ0v) is 18.0. The van der Waals surface area contributed by atoms with Gasteiger partial charge in [-0.05, 0) is 24.3 Å². The molecule has 3 heterocycles. The largest absolute Gasteiger partial charge is 0.457 e. The van der Waals surface area contributed by atoms with Crippen molar-refractivity contribution in [1.82, 2.24) is 14.6 Å². The quantitative estimate of drug-likeness (QED) is 0.272. The van der Waals surface area contributed by atoms with Gasteiger partial charge in [0.15, 0.2) is 5.82 Å². The second-order valence-corrected chi connectivity index (χ2v) is 8.49. The Hall–Kier alpha value is -3.63. The number of benzene rings is 2. The fourth-order valence-electron chi connectivity index (χ4n) is 3.04. The lowest BCUT2D eigenvalue weighted by Gasteiger charge is -1.96. The van der Waals surface area contributed by atoms with Crippen LogP contribution in [0, 0.1) is 10.1 Å². The smallest absolute Gasteiger partial charge is 0.291 e. The Morgan fingerprint density at radius 3 is 2.65 bits per heavy atom. The van der Waals surface area contributed by atoms with E-state index in [0.29, 0.717) is 32.4 Å². The van der Waals surface area contributed by atoms with E-state index in [4.69, 9.17) is 4.42 Å². The molecule has 0 fully saturated rings. The average Bonchev–Trinajstić information content (AvgIpc) is 3.47. The van der Waals surface area contributed by atoms with Gasteiger partial charge in [0, 0.05) is 33.8 Å². The topological polar surface area (TPSA) is 104 Å². The van der Waals surface area contributed by atoms with Crippen LogP contribution in [-0.4, -0.2) is 19.5 Å². The van der Waals surface area contributed by atoms with Crippen LogP contribution in [0.4, 0.5) is 5.69 Å². The average molecular weight is 495 g/mol. The molecule has 0 aliphatic rings. The second kappa shape index (κ2) is 7.56. The first-order valence-electron chi connectivity index (χ1n) is 9.00. The van der Waals surface area contributed by atoms with Crippen LogP contribution >= 0.6 is 27.3 Å². The fourth-order valence-corrected chi connectivity index (χ4v) is 4.19. The molecule has 152 valence electrons. The van der Waals surface area contributed by atoms with Crippen LogP contribution in [0.1, 0.15) is 5.76 Å². The van der Waals surface area contributed by atoms with Gasteiger partial charge in [0.25, 0.3) is 11.2 Å². The molecule has 5 rings (SSSR count). The zero-order chi connectivity index (χ0) is 21.5. The van der Waals surface area contributed by atoms with E-state index in [1.165, 1.54) is 28.0 Å². The minimum atomic E-state index is -0.458. The minimum absolute atomic E-state index is 0.0200. The van der Waals surface area contributed by atoms with Gasteiger partial charge in [0.1, 0.15) is 16.1 Å². The summed E-state index contributed by atoms with van der Waals surface area (Å²) in [6, 6.07) is 17.1. The Kier molecular flexibility index (Phi) is 4.72. The zero-order valence-electron chi connectivity index (χ0n) is 15.6. The van der Waals surface area contributed by atoms with E-state index >= 15 is 0 Å². The van der Waals surface area contributed by atoms with Crippen LogP contribution in [0.5, 0.6) is 0 Å². The molecular formula is C21H11BrN4O4S. The number of hydrogen-bond donors (Lipinski definition) is 0. The summed E-state index contributed by atoms with van der Waals surface area (Å²) in [5.41, 5.74) is 1.09. The van der Waals surface area contributed by atoms with Gasteiger partial charge in [0.05, 0.1) is 4.92 Å². The number of aromatic nitrogens is 3. The summed E-state index contributed by atoms with van der Waals surface area (Å²) in [5, 5.41) is 15.3. The van der Waals surface area contributed by atoms with Crippen LogP contribution in [0.2, 0.25) is 0 Å². The number of thiazole rings is 1. The number of non-ortho nitro benzene ring substituents is 1. The minimum Gasteiger partial charge on any atom is -0.457 e. The highest BCUT2D eigenvalue weighted by Crippen LogP contribution is 2.26. The number of furan rings is 1. The van der Waals surface area contributed by atoms with Gasteiger partial charge in [-0.25, -0.2) is 0 Å². The summed E-state index contributed by atoms with van der Waals surface area (Å²) in [6.07, 6.45) is 1.61. The molecule has 0 N–H and O–H groups in total. The maximum Gasteiger partial charge on any atom is 0.291 e. The summed E-state index contributed by atoms with van der Waals surface area (Å²) in [5.74, 6) is 1.41. The van der Waals surface area contributed by atoms with Crippen LogP contribution < -0.4 is 10.1 Å². The van der Waals surface area contributed by atoms with Crippen molar-refractivity contribution in [1.29, 1.82) is 0 Å². The van der Waals surface area contributed by atoms with Crippen LogP contribution in [0.25, 0.3) is 33.7 Å². The van der Waals surface area contributed by atoms with Gasteiger partial charge in [-0.2, -0.15) is 9.50 Å². The summed E-state index contributed by atoms with van der Waals surface area (Å²) in [4.78, 5) is 28.2. The SMILES string of the molecule is O=c1/c(=C/c2ccc(-c3cccc([N+](=O)[O-])c3)o2)sc2nc(-c3ccc(Br)cc3)nn12. The van der Waals surface area contributed by atoms with Gasteiger partial charge in [-0.1, -0.05) is 51.5 Å². The molecule has 0 aliphatic heterocycles. The third-order valence-corrected chi connectivity index (χ3v) is 6.01. The molecule has 0 aliphatic carbocycles. The number of nitro groups is 1. The first kappa shape index (κ1) is 19.3. The first-order chi connectivity index (χ1) is 15.0. The monoisotopic (exact) mass is 494 g/mol. The molecule has 2 aromatic carbocycles. The van der Waals surface area contributed by atoms with Crippen molar-refractivity contribution >= 4 is 44.0 Å². The van der Waals surface area contributed by atoms with Gasteiger partial charge in [-0.3, -0.25) is 14.9 Å². The summed E-state index contributed by atoms with van der Waals surface area (Å²) < 4.78 is 8.43. The summed E-state index contributed by atoms with van der Waals surface area (Å²) in [6.45, 7) is 0. The molecule has 0 saturated carbocycles. The number of halogens is 1. The van der Waals surface area contributed by atoms with Crippen molar-refractivity contribution in [2.45, 2.75) is 0 Å². The molecule has 8 nitrogen and oxygen atoms in total. The maximum atomic E-state index is 12.7. The number of nitrogens with zero attached hydrogens (tertiary/aromatic N) is 4. The van der Waals surface area contributed by atoms with Crippen LogP contribution in [0.15, 0.2) is 74.3 Å². The molecule has 0 spiro atoms. The van der Waals surface area contributed by atoms with Crippen molar-refractivity contribution in [2.24, 2.45) is 0 Å². The van der Waals surface area contributed by atoms with E-state index in [-0.39, 0.29) is 11.2 Å².